The summed E-state index contributed by atoms with van der Waals surface area (Å²) in [5, 5.41) is 9.82. The highest BCUT2D eigenvalue weighted by atomic mass is 35.5. The molecule has 0 spiro atoms. The zero-order valence-corrected chi connectivity index (χ0v) is 13.2. The average Bonchev–Trinajstić information content (AvgIpc) is 2.89. The van der Waals surface area contributed by atoms with E-state index in [0.29, 0.717) is 35.3 Å². The van der Waals surface area contributed by atoms with Gasteiger partial charge in [0.05, 0.1) is 13.1 Å². The minimum atomic E-state index is -0.290. The third-order valence-corrected chi connectivity index (χ3v) is 3.03. The molecule has 0 saturated heterocycles. The lowest BCUT2D eigenvalue weighted by molar-refractivity contribution is 0.207. The number of hydrogen-bond acceptors (Lipinski definition) is 4. The van der Waals surface area contributed by atoms with Crippen molar-refractivity contribution in [2.24, 2.45) is 0 Å². The van der Waals surface area contributed by atoms with Crippen LogP contribution >= 0.6 is 11.6 Å². The SMILES string of the molecule is Cc1cc(CNC(=O)NC[C@H](C)Oc2cccc(Cl)c2)no1. The molecule has 2 rings (SSSR count). The molecular weight excluding hydrogens is 306 g/mol. The fourth-order valence-corrected chi connectivity index (χ4v) is 1.97. The zero-order chi connectivity index (χ0) is 15.9. The summed E-state index contributed by atoms with van der Waals surface area (Å²) >= 11 is 5.88. The summed E-state index contributed by atoms with van der Waals surface area (Å²) in [6.45, 7) is 4.34. The Labute approximate surface area is 133 Å². The number of amides is 2. The van der Waals surface area contributed by atoms with Gasteiger partial charge < -0.3 is 19.9 Å². The van der Waals surface area contributed by atoms with E-state index < -0.39 is 0 Å². The van der Waals surface area contributed by atoms with Gasteiger partial charge in [-0.25, -0.2) is 4.79 Å². The van der Waals surface area contributed by atoms with E-state index in [2.05, 4.69) is 15.8 Å². The van der Waals surface area contributed by atoms with Crippen molar-refractivity contribution in [1.29, 1.82) is 0 Å². The van der Waals surface area contributed by atoms with Crippen molar-refractivity contribution in [2.45, 2.75) is 26.5 Å². The standard InChI is InChI=1S/C15H18ClN3O3/c1-10-6-13(19-22-10)9-18-15(20)17-8-11(2)21-14-5-3-4-12(16)7-14/h3-7,11H,8-9H2,1-2H3,(H2,17,18,20)/t11-/m0/s1. The molecule has 0 unspecified atom stereocenters. The van der Waals surface area contributed by atoms with Crippen molar-refractivity contribution in [1.82, 2.24) is 15.8 Å². The van der Waals surface area contributed by atoms with Gasteiger partial charge in [0.2, 0.25) is 0 Å². The smallest absolute Gasteiger partial charge is 0.315 e. The lowest BCUT2D eigenvalue weighted by atomic mass is 10.3. The highest BCUT2D eigenvalue weighted by molar-refractivity contribution is 6.30. The van der Waals surface area contributed by atoms with Crippen LogP contribution in [-0.2, 0) is 6.54 Å². The van der Waals surface area contributed by atoms with Gasteiger partial charge in [0.25, 0.3) is 0 Å². The first-order valence-electron chi connectivity index (χ1n) is 6.89. The van der Waals surface area contributed by atoms with Gasteiger partial charge in [0.15, 0.2) is 0 Å². The van der Waals surface area contributed by atoms with Gasteiger partial charge in [0, 0.05) is 11.1 Å². The Hall–Kier alpha value is -2.21. The quantitative estimate of drug-likeness (QED) is 0.857. The Bertz CT molecular complexity index is 630. The Morgan fingerprint density at radius 3 is 2.91 bits per heavy atom. The van der Waals surface area contributed by atoms with Crippen LogP contribution in [0.3, 0.4) is 0 Å². The molecule has 1 atom stereocenters. The predicted octanol–water partition coefficient (Wildman–Crippen LogP) is 2.90. The van der Waals surface area contributed by atoms with Gasteiger partial charge >= 0.3 is 6.03 Å². The molecule has 1 aromatic carbocycles. The van der Waals surface area contributed by atoms with Crippen molar-refractivity contribution in [2.75, 3.05) is 6.54 Å². The molecule has 2 amide bonds. The molecule has 1 heterocycles. The van der Waals surface area contributed by atoms with Gasteiger partial charge in [-0.3, -0.25) is 0 Å². The molecule has 22 heavy (non-hydrogen) atoms. The van der Waals surface area contributed by atoms with E-state index in [0.717, 1.165) is 0 Å². The van der Waals surface area contributed by atoms with Gasteiger partial charge in [0.1, 0.15) is 23.3 Å². The summed E-state index contributed by atoms with van der Waals surface area (Å²) in [5.41, 5.74) is 0.677. The van der Waals surface area contributed by atoms with Crippen LogP contribution < -0.4 is 15.4 Å². The van der Waals surface area contributed by atoms with Crippen molar-refractivity contribution in [3.05, 3.63) is 46.8 Å². The number of hydrogen-bond donors (Lipinski definition) is 2. The third-order valence-electron chi connectivity index (χ3n) is 2.79. The largest absolute Gasteiger partial charge is 0.489 e. The van der Waals surface area contributed by atoms with E-state index in [9.17, 15) is 4.79 Å². The van der Waals surface area contributed by atoms with E-state index in [1.807, 2.05) is 19.1 Å². The van der Waals surface area contributed by atoms with E-state index in [-0.39, 0.29) is 12.1 Å². The zero-order valence-electron chi connectivity index (χ0n) is 12.4. The minimum Gasteiger partial charge on any atom is -0.489 e. The molecule has 118 valence electrons. The van der Waals surface area contributed by atoms with Gasteiger partial charge in [-0.1, -0.05) is 22.8 Å². The maximum Gasteiger partial charge on any atom is 0.315 e. The number of benzene rings is 1. The molecular formula is C15H18ClN3O3. The highest BCUT2D eigenvalue weighted by Crippen LogP contribution is 2.18. The van der Waals surface area contributed by atoms with Gasteiger partial charge in [-0.05, 0) is 32.0 Å². The van der Waals surface area contributed by atoms with Crippen LogP contribution in [0.2, 0.25) is 5.02 Å². The van der Waals surface area contributed by atoms with E-state index in [1.165, 1.54) is 0 Å². The molecule has 2 aromatic rings. The van der Waals surface area contributed by atoms with Crippen LogP contribution in [-0.4, -0.2) is 23.8 Å². The third kappa shape index (κ3) is 5.29. The Balaban J connectivity index is 1.69. The lowest BCUT2D eigenvalue weighted by Crippen LogP contribution is -2.40. The van der Waals surface area contributed by atoms with Crippen LogP contribution in [0.15, 0.2) is 34.9 Å². The fourth-order valence-electron chi connectivity index (χ4n) is 1.79. The summed E-state index contributed by atoms with van der Waals surface area (Å²) in [4.78, 5) is 11.7. The molecule has 0 saturated carbocycles. The van der Waals surface area contributed by atoms with Crippen molar-refractivity contribution in [3.63, 3.8) is 0 Å². The number of aryl methyl sites for hydroxylation is 1. The molecule has 6 nitrogen and oxygen atoms in total. The van der Waals surface area contributed by atoms with E-state index in [4.69, 9.17) is 20.9 Å². The van der Waals surface area contributed by atoms with Gasteiger partial charge in [-0.2, -0.15) is 0 Å². The maximum absolute atomic E-state index is 11.7. The summed E-state index contributed by atoms with van der Waals surface area (Å²) in [5.74, 6) is 1.38. The highest BCUT2D eigenvalue weighted by Gasteiger charge is 2.08. The van der Waals surface area contributed by atoms with E-state index >= 15 is 0 Å². The molecule has 0 aliphatic rings. The lowest BCUT2D eigenvalue weighted by Gasteiger charge is -2.15. The number of nitrogens with zero attached hydrogens (tertiary/aromatic N) is 1. The summed E-state index contributed by atoms with van der Waals surface area (Å²) < 4.78 is 10.6. The number of carbonyl (C=O) groups excluding carboxylic acids is 1. The van der Waals surface area contributed by atoms with Crippen LogP contribution in [0, 0.1) is 6.92 Å². The van der Waals surface area contributed by atoms with Crippen LogP contribution in [0.4, 0.5) is 4.79 Å². The first kappa shape index (κ1) is 16.2. The number of carbonyl (C=O) groups is 1. The molecule has 7 heteroatoms. The average molecular weight is 324 g/mol. The normalized spacial score (nSPS) is 11.8. The molecule has 0 radical (unpaired) electrons. The number of halogens is 1. The number of ether oxygens (including phenoxy) is 1. The molecule has 0 bridgehead atoms. The summed E-state index contributed by atoms with van der Waals surface area (Å²) in [6, 6.07) is 8.61. The first-order chi connectivity index (χ1) is 10.5. The molecule has 1 aromatic heterocycles. The molecule has 0 aliphatic carbocycles. The Morgan fingerprint density at radius 1 is 1.41 bits per heavy atom. The second-order valence-electron chi connectivity index (χ2n) is 4.88. The number of urea groups is 1. The maximum atomic E-state index is 11.7. The summed E-state index contributed by atoms with van der Waals surface area (Å²) in [7, 11) is 0. The molecule has 2 N–H and O–H groups in total. The Kier molecular flexibility index (Phi) is 5.66. The number of rotatable bonds is 6. The molecule has 0 aliphatic heterocycles. The minimum absolute atomic E-state index is 0.182. The van der Waals surface area contributed by atoms with Crippen LogP contribution in [0.1, 0.15) is 18.4 Å². The van der Waals surface area contributed by atoms with E-state index in [1.54, 1.807) is 25.1 Å². The molecule has 0 fully saturated rings. The number of nitrogens with one attached hydrogen (secondary N) is 2. The monoisotopic (exact) mass is 323 g/mol. The number of aromatic nitrogens is 1. The van der Waals surface area contributed by atoms with Crippen molar-refractivity contribution in [3.8, 4) is 5.75 Å². The fraction of sp³-hybridized carbons (Fsp3) is 0.333. The predicted molar refractivity (Wildman–Crippen MR) is 83.0 cm³/mol. The topological polar surface area (TPSA) is 76.4 Å². The van der Waals surface area contributed by atoms with Crippen LogP contribution in [0.5, 0.6) is 5.75 Å². The van der Waals surface area contributed by atoms with Crippen molar-refractivity contribution >= 4 is 17.6 Å². The first-order valence-corrected chi connectivity index (χ1v) is 7.27. The van der Waals surface area contributed by atoms with Crippen LogP contribution in [0.25, 0.3) is 0 Å². The second-order valence-corrected chi connectivity index (χ2v) is 5.31. The van der Waals surface area contributed by atoms with Gasteiger partial charge in [-0.15, -0.1) is 0 Å². The second kappa shape index (κ2) is 7.70. The summed E-state index contributed by atoms with van der Waals surface area (Å²) in [6.07, 6.45) is -0.182. The van der Waals surface area contributed by atoms with Crippen molar-refractivity contribution < 1.29 is 14.1 Å². The Morgan fingerprint density at radius 2 is 2.23 bits per heavy atom.